The summed E-state index contributed by atoms with van der Waals surface area (Å²) in [5.74, 6) is -0.129. The molecule has 1 unspecified atom stereocenters. The van der Waals surface area contributed by atoms with Crippen LogP contribution in [0.3, 0.4) is 0 Å². The van der Waals surface area contributed by atoms with Crippen LogP contribution in [-0.4, -0.2) is 49.3 Å². The molecule has 0 spiro atoms. The smallest absolute Gasteiger partial charge is 0.253 e. The average Bonchev–Trinajstić information content (AvgIpc) is 3.25. The van der Waals surface area contributed by atoms with E-state index >= 15 is 0 Å². The lowest BCUT2D eigenvalue weighted by atomic mass is 10.1. The Morgan fingerprint density at radius 2 is 1.93 bits per heavy atom. The van der Waals surface area contributed by atoms with E-state index in [0.717, 1.165) is 48.6 Å². The molecule has 7 heteroatoms. The number of nitrogens with one attached hydrogen (secondary N) is 1. The summed E-state index contributed by atoms with van der Waals surface area (Å²) in [5.41, 5.74) is 2.39. The molecule has 1 saturated heterocycles. The first-order valence-electron chi connectivity index (χ1n) is 10.1. The molecule has 2 aromatic heterocycles. The molecule has 1 atom stereocenters. The number of carbonyl (C=O) groups excluding carboxylic acids is 1. The van der Waals surface area contributed by atoms with Crippen molar-refractivity contribution < 1.29 is 9.00 Å². The van der Waals surface area contributed by atoms with Crippen LogP contribution in [0.15, 0.2) is 59.9 Å². The molecule has 152 valence electrons. The molecular formula is C22H26N4O2S. The number of amides is 1. The van der Waals surface area contributed by atoms with E-state index < -0.39 is 10.8 Å². The minimum Gasteiger partial charge on any atom is -0.348 e. The molecule has 3 aromatic rings. The van der Waals surface area contributed by atoms with Crippen molar-refractivity contribution in [1.82, 2.24) is 19.6 Å². The van der Waals surface area contributed by atoms with Gasteiger partial charge in [-0.15, -0.1) is 0 Å². The monoisotopic (exact) mass is 410 g/mol. The Bertz CT molecular complexity index is 1010. The summed E-state index contributed by atoms with van der Waals surface area (Å²) in [6, 6.07) is 11.4. The molecule has 1 amide bonds. The first-order chi connectivity index (χ1) is 14.1. The topological polar surface area (TPSA) is 66.7 Å². The number of nitrogens with zero attached hydrogens (tertiary/aromatic N) is 3. The van der Waals surface area contributed by atoms with Crippen molar-refractivity contribution in [3.8, 4) is 0 Å². The summed E-state index contributed by atoms with van der Waals surface area (Å²) in [4.78, 5) is 19.9. The molecule has 0 radical (unpaired) electrons. The molecule has 1 aliphatic rings. The predicted octanol–water partition coefficient (Wildman–Crippen LogP) is 2.86. The number of fused-ring (bicyclic) bond motifs is 1. The second-order valence-electron chi connectivity index (χ2n) is 7.37. The van der Waals surface area contributed by atoms with Crippen LogP contribution in [0.5, 0.6) is 0 Å². The number of pyridine rings is 1. The number of rotatable bonds is 6. The molecule has 0 bridgehead atoms. The van der Waals surface area contributed by atoms with E-state index in [1.54, 1.807) is 18.5 Å². The summed E-state index contributed by atoms with van der Waals surface area (Å²) in [6.07, 6.45) is 7.26. The largest absolute Gasteiger partial charge is 0.348 e. The zero-order valence-corrected chi connectivity index (χ0v) is 17.4. The molecule has 1 N–H and O–H groups in total. The van der Waals surface area contributed by atoms with Crippen molar-refractivity contribution in [1.29, 1.82) is 0 Å². The molecule has 0 aliphatic carbocycles. The summed E-state index contributed by atoms with van der Waals surface area (Å²) in [7, 11) is -0.970. The van der Waals surface area contributed by atoms with Crippen LogP contribution in [-0.2, 0) is 17.3 Å². The van der Waals surface area contributed by atoms with Gasteiger partial charge in [0.1, 0.15) is 5.65 Å². The Morgan fingerprint density at radius 1 is 1.17 bits per heavy atom. The summed E-state index contributed by atoms with van der Waals surface area (Å²) < 4.78 is 14.7. The zero-order chi connectivity index (χ0) is 20.2. The van der Waals surface area contributed by atoms with Gasteiger partial charge in [-0.05, 0) is 62.3 Å². The van der Waals surface area contributed by atoms with Gasteiger partial charge in [-0.2, -0.15) is 0 Å². The molecule has 29 heavy (non-hydrogen) atoms. The van der Waals surface area contributed by atoms with E-state index in [4.69, 9.17) is 0 Å². The third-order valence-corrected chi connectivity index (χ3v) is 7.36. The van der Waals surface area contributed by atoms with Crippen LogP contribution in [0, 0.1) is 0 Å². The maximum Gasteiger partial charge on any atom is 0.253 e. The van der Waals surface area contributed by atoms with E-state index in [-0.39, 0.29) is 11.2 Å². The van der Waals surface area contributed by atoms with E-state index in [0.29, 0.717) is 12.1 Å². The Balaban J connectivity index is 1.33. The lowest BCUT2D eigenvalue weighted by molar-refractivity contribution is 0.0950. The highest BCUT2D eigenvalue weighted by molar-refractivity contribution is 7.85. The van der Waals surface area contributed by atoms with Gasteiger partial charge >= 0.3 is 0 Å². The number of aromatic nitrogens is 2. The second kappa shape index (κ2) is 8.88. The standard InChI is InChI=1S/C22H26N4O2S/c1-2-25-12-9-20(10-13-25)29(28)19-6-3-17(4-7-19)15-24-22(27)18-5-8-21-23-11-14-26(21)16-18/h3-8,11,14,16,20H,2,9-10,12-13,15H2,1H3,(H,24,27). The summed E-state index contributed by atoms with van der Waals surface area (Å²) in [5, 5.41) is 3.18. The highest BCUT2D eigenvalue weighted by atomic mass is 32.2. The SMILES string of the molecule is CCN1CCC(S(=O)c2ccc(CNC(=O)c3ccc4nccn4c3)cc2)CC1. The van der Waals surface area contributed by atoms with Gasteiger partial charge in [0.25, 0.3) is 5.91 Å². The predicted molar refractivity (Wildman–Crippen MR) is 114 cm³/mol. The third-order valence-electron chi connectivity index (χ3n) is 5.54. The molecule has 1 fully saturated rings. The quantitative estimate of drug-likeness (QED) is 0.679. The lowest BCUT2D eigenvalue weighted by Crippen LogP contribution is -2.37. The Kier molecular flexibility index (Phi) is 6.06. The number of carbonyl (C=O) groups is 1. The molecule has 1 aromatic carbocycles. The van der Waals surface area contributed by atoms with Crippen molar-refractivity contribution in [3.05, 3.63) is 66.1 Å². The summed E-state index contributed by atoms with van der Waals surface area (Å²) in [6.45, 7) is 5.73. The number of likely N-dealkylation sites (tertiary alicyclic amines) is 1. The van der Waals surface area contributed by atoms with Gasteiger partial charge in [-0.25, -0.2) is 4.98 Å². The Morgan fingerprint density at radius 3 is 2.66 bits per heavy atom. The molecule has 3 heterocycles. The fourth-order valence-electron chi connectivity index (χ4n) is 3.71. The summed E-state index contributed by atoms with van der Waals surface area (Å²) >= 11 is 0. The Labute approximate surface area is 173 Å². The molecule has 6 nitrogen and oxygen atoms in total. The normalized spacial score (nSPS) is 16.7. The number of hydrogen-bond acceptors (Lipinski definition) is 4. The number of hydrogen-bond donors (Lipinski definition) is 1. The van der Waals surface area contributed by atoms with E-state index in [9.17, 15) is 9.00 Å². The number of benzene rings is 1. The molecule has 4 rings (SSSR count). The van der Waals surface area contributed by atoms with Crippen LogP contribution in [0.25, 0.3) is 5.65 Å². The molecule has 0 saturated carbocycles. The lowest BCUT2D eigenvalue weighted by Gasteiger charge is -2.30. The third kappa shape index (κ3) is 4.57. The van der Waals surface area contributed by atoms with Crippen LogP contribution in [0.4, 0.5) is 0 Å². The number of piperidine rings is 1. The maximum atomic E-state index is 12.9. The van der Waals surface area contributed by atoms with Crippen LogP contribution >= 0.6 is 0 Å². The Hall–Kier alpha value is -2.51. The van der Waals surface area contributed by atoms with Gasteiger partial charge in [0.2, 0.25) is 0 Å². The first kappa shape index (κ1) is 19.8. The molecule has 1 aliphatic heterocycles. The van der Waals surface area contributed by atoms with Gasteiger partial charge in [-0.1, -0.05) is 19.1 Å². The van der Waals surface area contributed by atoms with Crippen molar-refractivity contribution in [2.75, 3.05) is 19.6 Å². The van der Waals surface area contributed by atoms with E-state index in [1.165, 1.54) is 0 Å². The first-order valence-corrected chi connectivity index (χ1v) is 11.3. The van der Waals surface area contributed by atoms with Gasteiger partial charge in [0, 0.05) is 35.3 Å². The van der Waals surface area contributed by atoms with Crippen LogP contribution in [0.2, 0.25) is 0 Å². The van der Waals surface area contributed by atoms with Gasteiger partial charge in [-0.3, -0.25) is 9.00 Å². The van der Waals surface area contributed by atoms with E-state index in [1.807, 2.05) is 40.9 Å². The average molecular weight is 411 g/mol. The van der Waals surface area contributed by atoms with Crippen molar-refractivity contribution >= 4 is 22.4 Å². The maximum absolute atomic E-state index is 12.9. The van der Waals surface area contributed by atoms with Crippen molar-refractivity contribution in [2.45, 2.75) is 36.5 Å². The molecular weight excluding hydrogens is 384 g/mol. The van der Waals surface area contributed by atoms with Gasteiger partial charge in [0.05, 0.1) is 16.4 Å². The second-order valence-corrected chi connectivity index (χ2v) is 9.10. The highest BCUT2D eigenvalue weighted by Crippen LogP contribution is 2.21. The number of imidazole rings is 1. The fraction of sp³-hybridized carbons (Fsp3) is 0.364. The van der Waals surface area contributed by atoms with Gasteiger partial charge < -0.3 is 14.6 Å². The van der Waals surface area contributed by atoms with E-state index in [2.05, 4.69) is 22.1 Å². The zero-order valence-electron chi connectivity index (χ0n) is 16.6. The minimum atomic E-state index is -0.970. The van der Waals surface area contributed by atoms with Crippen molar-refractivity contribution in [3.63, 3.8) is 0 Å². The van der Waals surface area contributed by atoms with Crippen LogP contribution < -0.4 is 5.32 Å². The van der Waals surface area contributed by atoms with Crippen molar-refractivity contribution in [2.24, 2.45) is 0 Å². The van der Waals surface area contributed by atoms with Gasteiger partial charge in [0.15, 0.2) is 0 Å². The minimum absolute atomic E-state index is 0.129. The highest BCUT2D eigenvalue weighted by Gasteiger charge is 2.24. The fourth-order valence-corrected chi connectivity index (χ4v) is 5.14. The van der Waals surface area contributed by atoms with Crippen LogP contribution in [0.1, 0.15) is 35.7 Å².